The normalized spacial score (nSPS) is 13.6. The van der Waals surface area contributed by atoms with Crippen LogP contribution in [0.15, 0.2) is 48.7 Å². The van der Waals surface area contributed by atoms with Gasteiger partial charge in [0.2, 0.25) is 11.7 Å². The van der Waals surface area contributed by atoms with E-state index >= 15 is 0 Å². The second-order valence-electron chi connectivity index (χ2n) is 9.87. The van der Waals surface area contributed by atoms with E-state index in [1.165, 1.54) is 22.7 Å². The highest BCUT2D eigenvalue weighted by molar-refractivity contribution is 5.96. The minimum Gasteiger partial charge on any atom is -0.434 e. The number of carbonyl (C=O) groups excluding carboxylic acids is 1. The summed E-state index contributed by atoms with van der Waals surface area (Å²) in [4.78, 5) is 17.0. The van der Waals surface area contributed by atoms with Crippen LogP contribution in [-0.4, -0.2) is 43.8 Å². The molecule has 10 heteroatoms. The van der Waals surface area contributed by atoms with Crippen molar-refractivity contribution in [1.82, 2.24) is 19.9 Å². The molecule has 1 saturated carbocycles. The second-order valence-corrected chi connectivity index (χ2v) is 9.87. The van der Waals surface area contributed by atoms with Gasteiger partial charge in [-0.1, -0.05) is 12.1 Å². The van der Waals surface area contributed by atoms with Gasteiger partial charge >= 0.3 is 0 Å². The molecule has 0 spiro atoms. The third-order valence-corrected chi connectivity index (χ3v) is 5.97. The van der Waals surface area contributed by atoms with Gasteiger partial charge in [-0.05, 0) is 63.4 Å². The predicted octanol–water partition coefficient (Wildman–Crippen LogP) is 4.85. The molecule has 1 amide bonds. The Bertz CT molecular complexity index is 1490. The standard InChI is InChI=1S/C27H27F2N5O3/c1-15-11-16(7-10-18(15)26(35)32-17-8-9-17)21-13-30-25-20(31-14-27(2,3)36)12-23(33-34(21)25)37-22-6-4-5-19(28)24(22)29/h4-7,10-13,17,31,36H,8-9,14H2,1-3H3,(H,32,35). The zero-order chi connectivity index (χ0) is 26.3. The molecule has 0 radical (unpaired) electrons. The van der Waals surface area contributed by atoms with E-state index in [2.05, 4.69) is 20.7 Å². The molecule has 0 unspecified atom stereocenters. The fourth-order valence-corrected chi connectivity index (χ4v) is 3.88. The van der Waals surface area contributed by atoms with Crippen molar-refractivity contribution >= 4 is 17.2 Å². The average Bonchev–Trinajstić information content (AvgIpc) is 3.55. The first kappa shape index (κ1) is 24.6. The van der Waals surface area contributed by atoms with E-state index in [4.69, 9.17) is 4.74 Å². The predicted molar refractivity (Wildman–Crippen MR) is 135 cm³/mol. The van der Waals surface area contributed by atoms with E-state index in [0.29, 0.717) is 22.6 Å². The van der Waals surface area contributed by atoms with E-state index in [1.54, 1.807) is 26.1 Å². The molecule has 37 heavy (non-hydrogen) atoms. The van der Waals surface area contributed by atoms with Crippen LogP contribution < -0.4 is 15.4 Å². The Labute approximate surface area is 212 Å². The van der Waals surface area contributed by atoms with Crippen molar-refractivity contribution in [3.63, 3.8) is 0 Å². The van der Waals surface area contributed by atoms with E-state index in [9.17, 15) is 18.7 Å². The minimum atomic E-state index is -1.13. The number of carbonyl (C=O) groups is 1. The van der Waals surface area contributed by atoms with Crippen LogP contribution in [0.2, 0.25) is 0 Å². The number of aliphatic hydroxyl groups is 1. The van der Waals surface area contributed by atoms with E-state index in [0.717, 1.165) is 30.0 Å². The Morgan fingerprint density at radius 1 is 1.22 bits per heavy atom. The van der Waals surface area contributed by atoms with Crippen molar-refractivity contribution in [2.75, 3.05) is 11.9 Å². The number of aryl methyl sites for hydroxylation is 1. The number of benzene rings is 2. The number of halogens is 2. The lowest BCUT2D eigenvalue weighted by Crippen LogP contribution is -2.29. The molecular formula is C27H27F2N5O3. The Morgan fingerprint density at radius 2 is 2.00 bits per heavy atom. The summed E-state index contributed by atoms with van der Waals surface area (Å²) in [5.41, 5.74) is 2.63. The molecule has 2 aromatic carbocycles. The molecule has 2 heterocycles. The van der Waals surface area contributed by atoms with Gasteiger partial charge in [0.25, 0.3) is 5.91 Å². The molecule has 2 aromatic heterocycles. The number of nitrogens with zero attached hydrogens (tertiary/aromatic N) is 3. The molecule has 1 aliphatic carbocycles. The summed E-state index contributed by atoms with van der Waals surface area (Å²) >= 11 is 0. The fraction of sp³-hybridized carbons (Fsp3) is 0.296. The topological polar surface area (TPSA) is 101 Å². The molecule has 3 N–H and O–H groups in total. The molecule has 0 aliphatic heterocycles. The largest absolute Gasteiger partial charge is 0.434 e. The van der Waals surface area contributed by atoms with Crippen molar-refractivity contribution in [3.05, 3.63) is 71.4 Å². The zero-order valence-corrected chi connectivity index (χ0v) is 20.7. The van der Waals surface area contributed by atoms with Gasteiger partial charge < -0.3 is 20.5 Å². The number of imidazole rings is 1. The highest BCUT2D eigenvalue weighted by atomic mass is 19.2. The van der Waals surface area contributed by atoms with E-state index in [-0.39, 0.29) is 30.1 Å². The van der Waals surface area contributed by atoms with Gasteiger partial charge in [-0.3, -0.25) is 4.79 Å². The first-order valence-electron chi connectivity index (χ1n) is 12.0. The summed E-state index contributed by atoms with van der Waals surface area (Å²) in [6, 6.07) is 10.9. The Hall–Kier alpha value is -4.05. The molecule has 0 atom stereocenters. The van der Waals surface area contributed by atoms with Gasteiger partial charge in [0, 0.05) is 29.8 Å². The Balaban J connectivity index is 1.55. The second kappa shape index (κ2) is 9.44. The van der Waals surface area contributed by atoms with Crippen LogP contribution in [0.4, 0.5) is 14.5 Å². The molecule has 1 aliphatic rings. The van der Waals surface area contributed by atoms with Crippen molar-refractivity contribution < 1.29 is 23.4 Å². The number of nitrogens with one attached hydrogen (secondary N) is 2. The van der Waals surface area contributed by atoms with Crippen LogP contribution in [0.3, 0.4) is 0 Å². The lowest BCUT2D eigenvalue weighted by molar-refractivity contribution is 0.0940. The fourth-order valence-electron chi connectivity index (χ4n) is 3.88. The smallest absolute Gasteiger partial charge is 0.251 e. The average molecular weight is 508 g/mol. The number of amides is 1. The molecule has 5 rings (SSSR count). The number of rotatable bonds is 8. The lowest BCUT2D eigenvalue weighted by atomic mass is 10.0. The van der Waals surface area contributed by atoms with Gasteiger partial charge in [-0.25, -0.2) is 13.9 Å². The monoisotopic (exact) mass is 507 g/mol. The maximum Gasteiger partial charge on any atom is 0.251 e. The van der Waals surface area contributed by atoms with E-state index in [1.807, 2.05) is 19.1 Å². The third-order valence-electron chi connectivity index (χ3n) is 5.97. The molecule has 1 fully saturated rings. The Morgan fingerprint density at radius 3 is 2.70 bits per heavy atom. The number of aromatic nitrogens is 3. The minimum absolute atomic E-state index is 0.00773. The van der Waals surface area contributed by atoms with Crippen LogP contribution in [0.1, 0.15) is 42.6 Å². The summed E-state index contributed by atoms with van der Waals surface area (Å²) in [6.07, 6.45) is 3.64. The number of ether oxygens (including phenoxy) is 1. The first-order valence-corrected chi connectivity index (χ1v) is 12.0. The summed E-state index contributed by atoms with van der Waals surface area (Å²) in [6.45, 7) is 5.35. The third kappa shape index (κ3) is 5.39. The van der Waals surface area contributed by atoms with Crippen LogP contribution in [-0.2, 0) is 0 Å². The number of fused-ring (bicyclic) bond motifs is 1. The van der Waals surface area contributed by atoms with Gasteiger partial charge in [0.15, 0.2) is 17.2 Å². The van der Waals surface area contributed by atoms with Crippen molar-refractivity contribution in [3.8, 4) is 22.9 Å². The first-order chi connectivity index (χ1) is 17.6. The highest BCUT2D eigenvalue weighted by Crippen LogP contribution is 2.31. The molecule has 0 bridgehead atoms. The number of hydrogen-bond acceptors (Lipinski definition) is 6. The Kier molecular flexibility index (Phi) is 6.28. The molecule has 8 nitrogen and oxygen atoms in total. The van der Waals surface area contributed by atoms with Crippen molar-refractivity contribution in [2.45, 2.75) is 45.3 Å². The summed E-state index contributed by atoms with van der Waals surface area (Å²) < 4.78 is 35.2. The summed E-state index contributed by atoms with van der Waals surface area (Å²) in [5, 5.41) is 20.8. The van der Waals surface area contributed by atoms with Crippen molar-refractivity contribution in [1.29, 1.82) is 0 Å². The molecular weight excluding hydrogens is 480 g/mol. The van der Waals surface area contributed by atoms with Crippen LogP contribution in [0.5, 0.6) is 11.6 Å². The molecule has 4 aromatic rings. The van der Waals surface area contributed by atoms with Crippen LogP contribution >= 0.6 is 0 Å². The quantitative estimate of drug-likeness (QED) is 0.315. The highest BCUT2D eigenvalue weighted by Gasteiger charge is 2.25. The summed E-state index contributed by atoms with van der Waals surface area (Å²) in [7, 11) is 0. The van der Waals surface area contributed by atoms with Gasteiger partial charge in [0.05, 0.1) is 23.2 Å². The lowest BCUT2D eigenvalue weighted by Gasteiger charge is -2.19. The number of anilines is 1. The zero-order valence-electron chi connectivity index (χ0n) is 20.7. The molecule has 192 valence electrons. The SMILES string of the molecule is Cc1cc(-c2cnc3c(NCC(C)(C)O)cc(Oc4cccc(F)c4F)nn23)ccc1C(=O)NC1CC1. The van der Waals surface area contributed by atoms with Crippen LogP contribution in [0, 0.1) is 18.6 Å². The van der Waals surface area contributed by atoms with Gasteiger partial charge in [0.1, 0.15) is 0 Å². The number of hydrogen-bond donors (Lipinski definition) is 3. The maximum atomic E-state index is 14.3. The van der Waals surface area contributed by atoms with Gasteiger partial charge in [-0.15, -0.1) is 5.10 Å². The molecule has 0 saturated heterocycles. The maximum absolute atomic E-state index is 14.3. The summed E-state index contributed by atoms with van der Waals surface area (Å²) in [5.74, 6) is -2.59. The van der Waals surface area contributed by atoms with Crippen molar-refractivity contribution in [2.24, 2.45) is 0 Å². The van der Waals surface area contributed by atoms with Crippen LogP contribution in [0.25, 0.3) is 16.9 Å². The van der Waals surface area contributed by atoms with E-state index < -0.39 is 17.2 Å². The van der Waals surface area contributed by atoms with Gasteiger partial charge in [-0.2, -0.15) is 4.39 Å².